The van der Waals surface area contributed by atoms with Crippen molar-refractivity contribution >= 4 is 19.4 Å². The van der Waals surface area contributed by atoms with E-state index in [1.807, 2.05) is 0 Å². The van der Waals surface area contributed by atoms with E-state index >= 15 is 0 Å². The van der Waals surface area contributed by atoms with Crippen LogP contribution in [0.4, 0.5) is 0 Å². The standard InChI is InChI=1S/B.Cu.Fe.Mo.H3Si.Zn/h;;;;1H3;. The van der Waals surface area contributed by atoms with Crippen molar-refractivity contribution in [1.29, 1.82) is 0 Å². The molecule has 0 saturated carbocycles. The average molecular weight is 323 g/mol. The molecule has 0 atom stereocenters. The van der Waals surface area contributed by atoms with Gasteiger partial charge in [-0.05, 0) is 11.0 Å². The van der Waals surface area contributed by atoms with Crippen LogP contribution in [0, 0.1) is 0 Å². The van der Waals surface area contributed by atoms with Gasteiger partial charge in [0.1, 0.15) is 0 Å². The predicted molar refractivity (Wildman–Crippen MR) is 15.7 cm³/mol. The fourth-order valence-corrected chi connectivity index (χ4v) is 0. The zero-order valence-corrected chi connectivity index (χ0v) is 12.4. The summed E-state index contributed by atoms with van der Waals surface area (Å²) in [7, 11) is 0. The van der Waals surface area contributed by atoms with Gasteiger partial charge in [0.25, 0.3) is 0 Å². The third kappa shape index (κ3) is 30.4. The molecule has 0 aromatic carbocycles. The van der Waals surface area contributed by atoms with Crippen molar-refractivity contribution in [3.63, 3.8) is 0 Å². The summed E-state index contributed by atoms with van der Waals surface area (Å²) in [6.45, 7) is 0. The molecule has 0 nitrogen and oxygen atoms in total. The van der Waals surface area contributed by atoms with Crippen molar-refractivity contribution in [1.82, 2.24) is 0 Å². The molecule has 0 bridgehead atoms. The summed E-state index contributed by atoms with van der Waals surface area (Å²) in [6.07, 6.45) is 0. The second-order valence-electron chi connectivity index (χ2n) is 0. The second-order valence-corrected chi connectivity index (χ2v) is 0. The summed E-state index contributed by atoms with van der Waals surface area (Å²) in [4.78, 5) is 0. The minimum atomic E-state index is 0. The Kier molecular flexibility index (Phi) is 586. The van der Waals surface area contributed by atoms with Crippen LogP contribution in [0.2, 0.25) is 0 Å². The molecule has 6 heteroatoms. The molecule has 0 unspecified atom stereocenters. The molecule has 6 heavy (non-hydrogen) atoms. The Morgan fingerprint density at radius 1 is 1.00 bits per heavy atom. The van der Waals surface area contributed by atoms with Crippen molar-refractivity contribution in [2.24, 2.45) is 0 Å². The molecular formula is H3BCuFeMoSiZn. The molecule has 0 rings (SSSR count). The summed E-state index contributed by atoms with van der Waals surface area (Å²) in [5.74, 6) is 0. The molecule has 0 aliphatic carbocycles. The van der Waals surface area contributed by atoms with E-state index in [0.29, 0.717) is 0 Å². The van der Waals surface area contributed by atoms with Crippen molar-refractivity contribution in [3.8, 4) is 0 Å². The van der Waals surface area contributed by atoms with Crippen LogP contribution in [-0.2, 0) is 74.7 Å². The quantitative estimate of drug-likeness (QED) is 0.473. The van der Waals surface area contributed by atoms with E-state index in [1.54, 1.807) is 0 Å². The Hall–Kier alpha value is 2.63. The zero-order valence-electron chi connectivity index (χ0n) is 3.35. The van der Waals surface area contributed by atoms with E-state index in [9.17, 15) is 0 Å². The van der Waals surface area contributed by atoms with Gasteiger partial charge in [-0.15, -0.1) is 0 Å². The first kappa shape index (κ1) is 72.6. The van der Waals surface area contributed by atoms with Crippen LogP contribution in [0.1, 0.15) is 0 Å². The molecule has 0 aliphatic rings. The Labute approximate surface area is 92.9 Å². The van der Waals surface area contributed by atoms with Crippen LogP contribution in [0.25, 0.3) is 0 Å². The minimum absolute atomic E-state index is 0. The van der Waals surface area contributed by atoms with Crippen molar-refractivity contribution in [2.75, 3.05) is 0 Å². The number of rotatable bonds is 0. The molecule has 0 amide bonds. The third-order valence-corrected chi connectivity index (χ3v) is 0. The fraction of sp³-hybridized carbons (Fsp3) is 0. The van der Waals surface area contributed by atoms with Crippen LogP contribution in [0.15, 0.2) is 0 Å². The van der Waals surface area contributed by atoms with Gasteiger partial charge in [0.2, 0.25) is 0 Å². The number of hydrogen-bond acceptors (Lipinski definition) is 0. The average Bonchev–Trinajstić information content (AvgIpc) is 0. The van der Waals surface area contributed by atoms with E-state index < -0.39 is 0 Å². The minimum Gasteiger partial charge on any atom is -0.0125 e. The molecule has 0 heterocycles. The van der Waals surface area contributed by atoms with Gasteiger partial charge in [0.05, 0.1) is 0 Å². The molecule has 0 fully saturated rings. The summed E-state index contributed by atoms with van der Waals surface area (Å²) >= 11 is 0. The number of hydrogen-bond donors (Lipinski definition) is 0. The molecule has 0 spiro atoms. The van der Waals surface area contributed by atoms with Gasteiger partial charge in [0, 0.05) is 83.1 Å². The van der Waals surface area contributed by atoms with Gasteiger partial charge in [-0.3, -0.25) is 0 Å². The first-order valence-corrected chi connectivity index (χ1v) is 0. The van der Waals surface area contributed by atoms with Crippen molar-refractivity contribution in [3.05, 3.63) is 0 Å². The SMILES string of the molecule is [B].[Cu].[Fe].[Mo].[SiH3].[Zn]. The molecule has 0 saturated heterocycles. The van der Waals surface area contributed by atoms with Gasteiger partial charge in [-0.2, -0.15) is 0 Å². The largest absolute Gasteiger partial charge is 0.0125 e. The Morgan fingerprint density at radius 3 is 1.00 bits per heavy atom. The smallest absolute Gasteiger partial charge is 0 e. The van der Waals surface area contributed by atoms with Gasteiger partial charge < -0.3 is 0 Å². The monoisotopic (exact) mass is 323 g/mol. The summed E-state index contributed by atoms with van der Waals surface area (Å²) < 4.78 is 0. The van der Waals surface area contributed by atoms with E-state index in [-0.39, 0.29) is 94.1 Å². The maximum absolute atomic E-state index is 0. The molecule has 0 aliphatic heterocycles. The van der Waals surface area contributed by atoms with Gasteiger partial charge in [-0.1, -0.05) is 0 Å². The molecule has 0 aromatic heterocycles. The first-order chi connectivity index (χ1) is 0. The van der Waals surface area contributed by atoms with Crippen molar-refractivity contribution in [2.45, 2.75) is 0 Å². The second kappa shape index (κ2) is 48.4. The predicted octanol–water partition coefficient (Wildman–Crippen LogP) is -1.57. The third-order valence-electron chi connectivity index (χ3n) is 0. The van der Waals surface area contributed by atoms with Gasteiger partial charge >= 0.3 is 0 Å². The van der Waals surface area contributed by atoms with E-state index in [4.69, 9.17) is 0 Å². The van der Waals surface area contributed by atoms with E-state index in [2.05, 4.69) is 0 Å². The summed E-state index contributed by atoms with van der Waals surface area (Å²) in [6, 6.07) is 0. The van der Waals surface area contributed by atoms with Crippen LogP contribution >= 0.6 is 0 Å². The Balaban J connectivity index is 0. The van der Waals surface area contributed by atoms with Crippen LogP contribution < -0.4 is 0 Å². The van der Waals surface area contributed by atoms with Crippen LogP contribution in [0.5, 0.6) is 0 Å². The maximum atomic E-state index is 0. The van der Waals surface area contributed by atoms with E-state index in [1.165, 1.54) is 0 Å². The zero-order chi connectivity index (χ0) is 0. The molecule has 37 valence electrons. The van der Waals surface area contributed by atoms with E-state index in [0.717, 1.165) is 0 Å². The fourth-order valence-electron chi connectivity index (χ4n) is 0. The maximum Gasteiger partial charge on any atom is 0 e. The van der Waals surface area contributed by atoms with Crippen LogP contribution in [0.3, 0.4) is 0 Å². The molecule has 0 N–H and O–H groups in total. The van der Waals surface area contributed by atoms with Crippen LogP contribution in [-0.4, -0.2) is 19.4 Å². The molecule has 5 radical (unpaired) electrons. The summed E-state index contributed by atoms with van der Waals surface area (Å²) in [5, 5.41) is 0. The van der Waals surface area contributed by atoms with Crippen molar-refractivity contribution < 1.29 is 74.7 Å². The van der Waals surface area contributed by atoms with Gasteiger partial charge in [-0.25, -0.2) is 0 Å². The molecule has 0 aromatic rings. The topological polar surface area (TPSA) is 0 Å². The van der Waals surface area contributed by atoms with Gasteiger partial charge in [0.15, 0.2) is 0 Å². The molecular weight excluding hydrogens is 320 g/mol. The normalized spacial score (nSPS) is 0. The summed E-state index contributed by atoms with van der Waals surface area (Å²) in [5.41, 5.74) is 0. The Bertz CT molecular complexity index is 15.5. The Morgan fingerprint density at radius 2 is 1.00 bits per heavy atom. The first-order valence-electron chi connectivity index (χ1n) is 0.